The van der Waals surface area contributed by atoms with Crippen LogP contribution < -0.4 is 0 Å². The zero-order chi connectivity index (χ0) is 11.6. The lowest BCUT2D eigenvalue weighted by Crippen LogP contribution is -2.11. The van der Waals surface area contributed by atoms with E-state index >= 15 is 0 Å². The van der Waals surface area contributed by atoms with Crippen LogP contribution >= 0.6 is 0 Å². The summed E-state index contributed by atoms with van der Waals surface area (Å²) < 4.78 is 23.1. The zero-order valence-corrected chi connectivity index (χ0v) is 9.28. The summed E-state index contributed by atoms with van der Waals surface area (Å²) in [5.74, 6) is -1.11. The second-order valence-corrected chi connectivity index (χ2v) is 5.59. The molecule has 0 unspecified atom stereocenters. The van der Waals surface area contributed by atoms with Gasteiger partial charge in [0.15, 0.2) is 0 Å². The van der Waals surface area contributed by atoms with Gasteiger partial charge in [-0.25, -0.2) is 13.2 Å². The minimum atomic E-state index is -3.05. The van der Waals surface area contributed by atoms with Gasteiger partial charge in [0.05, 0.1) is 18.0 Å². The predicted octanol–water partition coefficient (Wildman–Crippen LogP) is -0.0657. The van der Waals surface area contributed by atoms with E-state index in [9.17, 15) is 13.2 Å². The minimum Gasteiger partial charge on any atom is -0.478 e. The second kappa shape index (κ2) is 4.01. The molecule has 0 fully saturated rings. The number of sulfone groups is 1. The molecule has 0 aliphatic carbocycles. The van der Waals surface area contributed by atoms with Crippen molar-refractivity contribution >= 4 is 15.8 Å². The monoisotopic (exact) mass is 232 g/mol. The molecule has 15 heavy (non-hydrogen) atoms. The van der Waals surface area contributed by atoms with Crippen molar-refractivity contribution in [2.24, 2.45) is 0 Å². The lowest BCUT2D eigenvalue weighted by atomic mass is 10.3. The molecule has 1 rings (SSSR count). The van der Waals surface area contributed by atoms with E-state index in [-0.39, 0.29) is 17.9 Å². The van der Waals surface area contributed by atoms with Crippen molar-refractivity contribution in [1.82, 2.24) is 9.78 Å². The van der Waals surface area contributed by atoms with Crippen LogP contribution in [0.2, 0.25) is 0 Å². The van der Waals surface area contributed by atoms with E-state index in [1.165, 1.54) is 10.9 Å². The third-order valence-electron chi connectivity index (χ3n) is 1.87. The Morgan fingerprint density at radius 3 is 2.60 bits per heavy atom. The van der Waals surface area contributed by atoms with Gasteiger partial charge in [-0.2, -0.15) is 5.10 Å². The van der Waals surface area contributed by atoms with Crippen molar-refractivity contribution in [3.05, 3.63) is 17.5 Å². The predicted molar refractivity (Wildman–Crippen MR) is 53.6 cm³/mol. The molecule has 0 saturated heterocycles. The summed E-state index contributed by atoms with van der Waals surface area (Å²) in [6, 6.07) is 0. The van der Waals surface area contributed by atoms with Gasteiger partial charge in [-0.05, 0) is 6.92 Å². The highest BCUT2D eigenvalue weighted by molar-refractivity contribution is 7.90. The standard InChI is InChI=1S/C8H12N2O4S/c1-6-7(8(11)12)5-10(9-6)3-4-15(2,13)14/h5H,3-4H2,1-2H3,(H,11,12). The Labute approximate surface area is 87.4 Å². The molecule has 84 valence electrons. The smallest absolute Gasteiger partial charge is 0.339 e. The van der Waals surface area contributed by atoms with Crippen molar-refractivity contribution in [2.75, 3.05) is 12.0 Å². The second-order valence-electron chi connectivity index (χ2n) is 3.33. The fourth-order valence-electron chi connectivity index (χ4n) is 1.10. The fraction of sp³-hybridized carbons (Fsp3) is 0.500. The number of hydrogen-bond acceptors (Lipinski definition) is 4. The van der Waals surface area contributed by atoms with Gasteiger partial charge < -0.3 is 5.11 Å². The molecule has 0 saturated carbocycles. The molecule has 1 heterocycles. The molecule has 0 aliphatic rings. The average molecular weight is 232 g/mol. The Balaban J connectivity index is 2.81. The van der Waals surface area contributed by atoms with Crippen LogP contribution in [0.5, 0.6) is 0 Å². The van der Waals surface area contributed by atoms with E-state index in [4.69, 9.17) is 5.11 Å². The summed E-state index contributed by atoms with van der Waals surface area (Å²) in [6.45, 7) is 1.74. The normalized spacial score (nSPS) is 11.6. The Kier molecular flexibility index (Phi) is 3.13. The first-order valence-corrected chi connectivity index (χ1v) is 6.31. The molecule has 1 aromatic heterocycles. The summed E-state index contributed by atoms with van der Waals surface area (Å²) in [5.41, 5.74) is 0.486. The molecule has 1 aromatic rings. The topological polar surface area (TPSA) is 89.3 Å². The van der Waals surface area contributed by atoms with E-state index < -0.39 is 15.8 Å². The van der Waals surface area contributed by atoms with Crippen LogP contribution in [0.25, 0.3) is 0 Å². The summed E-state index contributed by atoms with van der Waals surface area (Å²) in [4.78, 5) is 10.7. The number of carbonyl (C=O) groups is 1. The Morgan fingerprint density at radius 2 is 2.20 bits per heavy atom. The van der Waals surface area contributed by atoms with Gasteiger partial charge in [0.2, 0.25) is 0 Å². The maximum absolute atomic E-state index is 10.9. The maximum atomic E-state index is 10.9. The molecule has 0 radical (unpaired) electrons. The summed E-state index contributed by atoms with van der Waals surface area (Å²) in [5, 5.41) is 12.6. The molecule has 0 spiro atoms. The maximum Gasteiger partial charge on any atom is 0.339 e. The Morgan fingerprint density at radius 1 is 1.60 bits per heavy atom. The number of carboxylic acid groups (broad SMARTS) is 1. The molecule has 0 amide bonds. The highest BCUT2D eigenvalue weighted by Crippen LogP contribution is 2.05. The highest BCUT2D eigenvalue weighted by Gasteiger charge is 2.12. The number of nitrogens with zero attached hydrogens (tertiary/aromatic N) is 2. The summed E-state index contributed by atoms with van der Waals surface area (Å²) >= 11 is 0. The molecule has 0 aliphatic heterocycles. The van der Waals surface area contributed by atoms with Crippen LogP contribution in [0.3, 0.4) is 0 Å². The lowest BCUT2D eigenvalue weighted by Gasteiger charge is -1.98. The largest absolute Gasteiger partial charge is 0.478 e. The van der Waals surface area contributed by atoms with Gasteiger partial charge in [-0.15, -0.1) is 0 Å². The summed E-state index contributed by atoms with van der Waals surface area (Å²) in [7, 11) is -3.05. The number of carboxylic acids is 1. The lowest BCUT2D eigenvalue weighted by molar-refractivity contribution is 0.0696. The summed E-state index contributed by atoms with van der Waals surface area (Å²) in [6.07, 6.45) is 2.46. The van der Waals surface area contributed by atoms with E-state index in [0.29, 0.717) is 5.69 Å². The molecule has 7 heteroatoms. The first kappa shape index (κ1) is 11.7. The van der Waals surface area contributed by atoms with E-state index in [1.54, 1.807) is 6.92 Å². The average Bonchev–Trinajstić information content (AvgIpc) is 2.42. The molecular weight excluding hydrogens is 220 g/mol. The first-order chi connectivity index (χ1) is 6.79. The van der Waals surface area contributed by atoms with Crippen molar-refractivity contribution in [3.63, 3.8) is 0 Å². The fourth-order valence-corrected chi connectivity index (χ4v) is 1.62. The van der Waals surface area contributed by atoms with Gasteiger partial charge in [0.1, 0.15) is 15.4 Å². The van der Waals surface area contributed by atoms with Crippen molar-refractivity contribution < 1.29 is 18.3 Å². The van der Waals surface area contributed by atoms with Gasteiger partial charge in [-0.1, -0.05) is 0 Å². The quantitative estimate of drug-likeness (QED) is 0.785. The van der Waals surface area contributed by atoms with E-state index in [0.717, 1.165) is 6.26 Å². The van der Waals surface area contributed by atoms with Gasteiger partial charge in [-0.3, -0.25) is 4.68 Å². The van der Waals surface area contributed by atoms with Crippen LogP contribution in [0.4, 0.5) is 0 Å². The van der Waals surface area contributed by atoms with Crippen LogP contribution in [0, 0.1) is 6.92 Å². The van der Waals surface area contributed by atoms with Crippen molar-refractivity contribution in [1.29, 1.82) is 0 Å². The Bertz CT molecular complexity index is 475. The Hall–Kier alpha value is -1.37. The van der Waals surface area contributed by atoms with Gasteiger partial charge in [0.25, 0.3) is 0 Å². The first-order valence-electron chi connectivity index (χ1n) is 4.24. The molecule has 6 nitrogen and oxygen atoms in total. The van der Waals surface area contributed by atoms with Crippen molar-refractivity contribution in [3.8, 4) is 0 Å². The number of aromatic carboxylic acids is 1. The number of aromatic nitrogens is 2. The highest BCUT2D eigenvalue weighted by atomic mass is 32.2. The van der Waals surface area contributed by atoms with E-state index in [2.05, 4.69) is 5.10 Å². The van der Waals surface area contributed by atoms with Crippen LogP contribution in [-0.2, 0) is 16.4 Å². The molecular formula is C8H12N2O4S. The number of hydrogen-bond donors (Lipinski definition) is 1. The van der Waals surface area contributed by atoms with Crippen LogP contribution in [-0.4, -0.2) is 41.3 Å². The molecule has 0 bridgehead atoms. The van der Waals surface area contributed by atoms with Crippen molar-refractivity contribution in [2.45, 2.75) is 13.5 Å². The SMILES string of the molecule is Cc1nn(CCS(C)(=O)=O)cc1C(=O)O. The van der Waals surface area contributed by atoms with Crippen LogP contribution in [0.15, 0.2) is 6.20 Å². The third-order valence-corrected chi connectivity index (χ3v) is 2.79. The van der Waals surface area contributed by atoms with Gasteiger partial charge >= 0.3 is 5.97 Å². The molecule has 1 N–H and O–H groups in total. The van der Waals surface area contributed by atoms with E-state index in [1.807, 2.05) is 0 Å². The van der Waals surface area contributed by atoms with Crippen LogP contribution in [0.1, 0.15) is 16.1 Å². The third kappa shape index (κ3) is 3.35. The zero-order valence-electron chi connectivity index (χ0n) is 8.47. The number of rotatable bonds is 4. The minimum absolute atomic E-state index is 0.0484. The molecule has 0 aromatic carbocycles. The van der Waals surface area contributed by atoms with Gasteiger partial charge in [0, 0.05) is 12.5 Å². The molecule has 0 atom stereocenters. The number of aryl methyl sites for hydroxylation is 2.